The number of hydrogen-bond donors (Lipinski definition) is 0. The summed E-state index contributed by atoms with van der Waals surface area (Å²) in [6.45, 7) is 3.39. The van der Waals surface area contributed by atoms with E-state index >= 15 is 0 Å². The zero-order valence-corrected chi connectivity index (χ0v) is 17.5. The molecular formula is C26H40N+. The Morgan fingerprint density at radius 2 is 1.07 bits per heavy atom. The van der Waals surface area contributed by atoms with Crippen molar-refractivity contribution in [3.05, 3.63) is 66.0 Å². The largest absolute Gasteiger partial charge is 0.205 e. The first-order valence-corrected chi connectivity index (χ1v) is 11.4. The molecule has 1 aromatic heterocycles. The molecule has 0 saturated heterocycles. The lowest BCUT2D eigenvalue weighted by molar-refractivity contribution is -0.697. The molecule has 1 aromatic carbocycles. The standard InChI is InChI=1S/C26H40N/c1-2-3-4-5-6-7-8-9-10-12-18-26-20-23-27(24-21-26)22-15-19-25-16-13-11-14-17-25/h11,13-14,16-17,20-21,23-24H,2-10,12,15,18-19,22H2,1H3/q+1. The minimum Gasteiger partial charge on any atom is -0.205 e. The van der Waals surface area contributed by atoms with Crippen molar-refractivity contribution in [2.75, 3.05) is 0 Å². The molecule has 0 bridgehead atoms. The van der Waals surface area contributed by atoms with E-state index in [1.54, 1.807) is 0 Å². The highest BCUT2D eigenvalue weighted by molar-refractivity contribution is 5.14. The molecule has 1 heteroatoms. The van der Waals surface area contributed by atoms with Gasteiger partial charge in [-0.05, 0) is 30.4 Å². The lowest BCUT2D eigenvalue weighted by Crippen LogP contribution is -2.32. The van der Waals surface area contributed by atoms with Crippen LogP contribution in [0.5, 0.6) is 0 Å². The van der Waals surface area contributed by atoms with Crippen LogP contribution in [0.1, 0.15) is 88.7 Å². The zero-order valence-electron chi connectivity index (χ0n) is 17.5. The van der Waals surface area contributed by atoms with E-state index in [0.717, 1.165) is 13.0 Å². The minimum atomic E-state index is 1.10. The van der Waals surface area contributed by atoms with Gasteiger partial charge in [-0.1, -0.05) is 95.0 Å². The first kappa shape index (κ1) is 21.7. The Kier molecular flexibility index (Phi) is 11.6. The van der Waals surface area contributed by atoms with E-state index in [2.05, 4.69) is 66.3 Å². The van der Waals surface area contributed by atoms with E-state index in [0.29, 0.717) is 0 Å². The van der Waals surface area contributed by atoms with E-state index in [1.807, 2.05) is 0 Å². The Hall–Kier alpha value is -1.63. The van der Waals surface area contributed by atoms with Gasteiger partial charge in [-0.3, -0.25) is 0 Å². The third-order valence-electron chi connectivity index (χ3n) is 5.50. The van der Waals surface area contributed by atoms with Gasteiger partial charge in [-0.2, -0.15) is 0 Å². The molecule has 0 saturated carbocycles. The molecule has 0 aliphatic heterocycles. The summed E-state index contributed by atoms with van der Waals surface area (Å²) in [5.41, 5.74) is 2.93. The number of aromatic nitrogens is 1. The minimum absolute atomic E-state index is 1.10. The summed E-state index contributed by atoms with van der Waals surface area (Å²) >= 11 is 0. The number of aryl methyl sites for hydroxylation is 3. The first-order chi connectivity index (χ1) is 13.4. The Labute approximate surface area is 167 Å². The molecular weight excluding hydrogens is 326 g/mol. The van der Waals surface area contributed by atoms with Crippen molar-refractivity contribution in [3.8, 4) is 0 Å². The Morgan fingerprint density at radius 3 is 1.70 bits per heavy atom. The highest BCUT2D eigenvalue weighted by atomic mass is 14.9. The SMILES string of the molecule is CCCCCCCCCCCCc1cc[n+](CCCc2ccccc2)cc1. The van der Waals surface area contributed by atoms with Gasteiger partial charge in [0, 0.05) is 18.6 Å². The van der Waals surface area contributed by atoms with Gasteiger partial charge in [0.05, 0.1) is 0 Å². The van der Waals surface area contributed by atoms with Crippen LogP contribution in [-0.2, 0) is 19.4 Å². The van der Waals surface area contributed by atoms with Crippen molar-refractivity contribution in [1.82, 2.24) is 0 Å². The molecule has 1 heterocycles. The van der Waals surface area contributed by atoms with Crippen LogP contribution in [0.2, 0.25) is 0 Å². The van der Waals surface area contributed by atoms with Crippen LogP contribution in [0.4, 0.5) is 0 Å². The van der Waals surface area contributed by atoms with Crippen molar-refractivity contribution in [1.29, 1.82) is 0 Å². The van der Waals surface area contributed by atoms with Gasteiger partial charge in [-0.25, -0.2) is 4.57 Å². The topological polar surface area (TPSA) is 3.88 Å². The summed E-state index contributed by atoms with van der Waals surface area (Å²) in [4.78, 5) is 0. The van der Waals surface area contributed by atoms with Gasteiger partial charge in [-0.15, -0.1) is 0 Å². The molecule has 2 rings (SSSR count). The van der Waals surface area contributed by atoms with E-state index < -0.39 is 0 Å². The fourth-order valence-corrected chi connectivity index (χ4v) is 3.73. The second kappa shape index (κ2) is 14.4. The Bertz CT molecular complexity index is 573. The van der Waals surface area contributed by atoms with Crippen LogP contribution in [-0.4, -0.2) is 0 Å². The number of nitrogens with zero attached hydrogens (tertiary/aromatic N) is 1. The Balaban J connectivity index is 1.49. The average molecular weight is 367 g/mol. The molecule has 0 aliphatic rings. The monoisotopic (exact) mass is 366 g/mol. The lowest BCUT2D eigenvalue weighted by Gasteiger charge is -2.03. The maximum absolute atomic E-state index is 2.32. The summed E-state index contributed by atoms with van der Waals surface area (Å²) in [5, 5.41) is 0. The molecule has 0 amide bonds. The second-order valence-electron chi connectivity index (χ2n) is 7.97. The first-order valence-electron chi connectivity index (χ1n) is 11.4. The fraction of sp³-hybridized carbons (Fsp3) is 0.577. The molecule has 0 atom stereocenters. The van der Waals surface area contributed by atoms with E-state index in [-0.39, 0.29) is 0 Å². The van der Waals surface area contributed by atoms with Crippen molar-refractivity contribution in [3.63, 3.8) is 0 Å². The Morgan fingerprint density at radius 1 is 0.556 bits per heavy atom. The molecule has 148 valence electrons. The summed E-state index contributed by atoms with van der Waals surface area (Å²) in [7, 11) is 0. The van der Waals surface area contributed by atoms with E-state index in [4.69, 9.17) is 0 Å². The summed E-state index contributed by atoms with van der Waals surface area (Å²) in [6.07, 6.45) is 22.3. The maximum Gasteiger partial charge on any atom is 0.169 e. The molecule has 0 fully saturated rings. The summed E-state index contributed by atoms with van der Waals surface area (Å²) in [6, 6.07) is 15.4. The molecule has 0 spiro atoms. The van der Waals surface area contributed by atoms with Gasteiger partial charge < -0.3 is 0 Å². The predicted octanol–water partition coefficient (Wildman–Crippen LogP) is 7.07. The maximum atomic E-state index is 2.32. The molecule has 2 aromatic rings. The van der Waals surface area contributed by atoms with Gasteiger partial charge in [0.1, 0.15) is 6.54 Å². The van der Waals surface area contributed by atoms with Gasteiger partial charge in [0.15, 0.2) is 12.4 Å². The van der Waals surface area contributed by atoms with Crippen molar-refractivity contribution < 1.29 is 4.57 Å². The summed E-state index contributed by atoms with van der Waals surface area (Å²) in [5.74, 6) is 0. The molecule has 27 heavy (non-hydrogen) atoms. The zero-order chi connectivity index (χ0) is 19.0. The number of unbranched alkanes of at least 4 members (excludes halogenated alkanes) is 9. The molecule has 1 nitrogen and oxygen atoms in total. The van der Waals surface area contributed by atoms with Gasteiger partial charge in [0.2, 0.25) is 0 Å². The highest BCUT2D eigenvalue weighted by Gasteiger charge is 2.02. The van der Waals surface area contributed by atoms with Crippen LogP contribution in [0.25, 0.3) is 0 Å². The molecule has 0 unspecified atom stereocenters. The second-order valence-corrected chi connectivity index (χ2v) is 7.97. The molecule has 0 aliphatic carbocycles. The van der Waals surface area contributed by atoms with E-state index in [1.165, 1.54) is 88.2 Å². The molecule has 0 N–H and O–H groups in total. The summed E-state index contributed by atoms with van der Waals surface area (Å²) < 4.78 is 2.32. The van der Waals surface area contributed by atoms with Crippen LogP contribution < -0.4 is 4.57 Å². The smallest absolute Gasteiger partial charge is 0.169 e. The number of pyridine rings is 1. The molecule has 0 radical (unpaired) electrons. The van der Waals surface area contributed by atoms with Gasteiger partial charge in [0.25, 0.3) is 0 Å². The van der Waals surface area contributed by atoms with Crippen molar-refractivity contribution in [2.24, 2.45) is 0 Å². The van der Waals surface area contributed by atoms with Crippen molar-refractivity contribution >= 4 is 0 Å². The van der Waals surface area contributed by atoms with Crippen LogP contribution in [0, 0.1) is 0 Å². The number of rotatable bonds is 15. The van der Waals surface area contributed by atoms with Crippen LogP contribution in [0.3, 0.4) is 0 Å². The highest BCUT2D eigenvalue weighted by Crippen LogP contribution is 2.12. The number of hydrogen-bond acceptors (Lipinski definition) is 0. The van der Waals surface area contributed by atoms with Crippen molar-refractivity contribution in [2.45, 2.75) is 96.9 Å². The van der Waals surface area contributed by atoms with Crippen LogP contribution in [0.15, 0.2) is 54.9 Å². The normalized spacial score (nSPS) is 11.0. The van der Waals surface area contributed by atoms with E-state index in [9.17, 15) is 0 Å². The predicted molar refractivity (Wildman–Crippen MR) is 117 cm³/mol. The third-order valence-corrected chi connectivity index (χ3v) is 5.50. The van der Waals surface area contributed by atoms with Crippen LogP contribution >= 0.6 is 0 Å². The third kappa shape index (κ3) is 10.3. The fourth-order valence-electron chi connectivity index (χ4n) is 3.73. The lowest BCUT2D eigenvalue weighted by atomic mass is 10.0. The van der Waals surface area contributed by atoms with Gasteiger partial charge >= 0.3 is 0 Å². The quantitative estimate of drug-likeness (QED) is 0.234. The average Bonchev–Trinajstić information content (AvgIpc) is 2.71. The number of benzene rings is 1.